The van der Waals surface area contributed by atoms with E-state index in [4.69, 9.17) is 23.2 Å². The van der Waals surface area contributed by atoms with Gasteiger partial charge in [0, 0.05) is 31.4 Å². The molecule has 0 aliphatic carbocycles. The summed E-state index contributed by atoms with van der Waals surface area (Å²) in [5.41, 5.74) is 0.603. The van der Waals surface area contributed by atoms with E-state index < -0.39 is 17.2 Å². The predicted molar refractivity (Wildman–Crippen MR) is 119 cm³/mol. The predicted octanol–water partition coefficient (Wildman–Crippen LogP) is 5.19. The Morgan fingerprint density at radius 2 is 2.03 bits per heavy atom. The van der Waals surface area contributed by atoms with E-state index in [0.29, 0.717) is 35.2 Å². The fourth-order valence-corrected chi connectivity index (χ4v) is 4.84. The first kappa shape index (κ1) is 21.6. The smallest absolute Gasteiger partial charge is 0.246 e. The van der Waals surface area contributed by atoms with E-state index in [1.165, 1.54) is 24.3 Å². The molecule has 1 saturated heterocycles. The molecule has 162 valence electrons. The maximum Gasteiger partial charge on any atom is 0.246 e. The molecule has 2 aromatic carbocycles. The Bertz CT molecular complexity index is 1230. The zero-order valence-electron chi connectivity index (χ0n) is 17.0. The summed E-state index contributed by atoms with van der Waals surface area (Å²) in [6.45, 7) is 5.71. The van der Waals surface area contributed by atoms with Crippen LogP contribution >= 0.6 is 23.2 Å². The molecular formula is C22H20Cl2F2N4O. The molecule has 4 rings (SSSR count). The standard InChI is InChI=1S/C22H20Cl2F2N4O/c1-4-18(31)30-8-7-22(11-30,20-15(25)6-5-14(23)21(20)24)27-13-9-16(26)19-12(2)28-29(3)17(19)10-13/h4-6,9-10,27H,1,7-8,11H2,2-3H3/t22-/m0/s1. The maximum absolute atomic E-state index is 15.0. The number of aromatic nitrogens is 2. The molecule has 31 heavy (non-hydrogen) atoms. The van der Waals surface area contributed by atoms with E-state index in [1.54, 1.807) is 29.6 Å². The number of carbonyl (C=O) groups is 1. The van der Waals surface area contributed by atoms with Gasteiger partial charge in [0.05, 0.1) is 32.2 Å². The third-order valence-corrected chi connectivity index (χ3v) is 6.55. The van der Waals surface area contributed by atoms with Gasteiger partial charge in [-0.15, -0.1) is 0 Å². The van der Waals surface area contributed by atoms with Crippen molar-refractivity contribution in [3.63, 3.8) is 0 Å². The monoisotopic (exact) mass is 464 g/mol. The molecule has 2 heterocycles. The van der Waals surface area contributed by atoms with Crippen molar-refractivity contribution in [3.05, 3.63) is 69.9 Å². The zero-order valence-corrected chi connectivity index (χ0v) is 18.5. The highest BCUT2D eigenvalue weighted by atomic mass is 35.5. The summed E-state index contributed by atoms with van der Waals surface area (Å²) in [5, 5.41) is 8.20. The summed E-state index contributed by atoms with van der Waals surface area (Å²) in [5.74, 6) is -1.30. The van der Waals surface area contributed by atoms with Gasteiger partial charge in [0.25, 0.3) is 0 Å². The lowest BCUT2D eigenvalue weighted by molar-refractivity contribution is -0.125. The van der Waals surface area contributed by atoms with Gasteiger partial charge in [0.2, 0.25) is 5.91 Å². The first-order chi connectivity index (χ1) is 14.7. The third-order valence-electron chi connectivity index (χ3n) is 5.74. The van der Waals surface area contributed by atoms with Crippen LogP contribution in [0.1, 0.15) is 17.7 Å². The van der Waals surface area contributed by atoms with Crippen molar-refractivity contribution < 1.29 is 13.6 Å². The number of hydrogen-bond acceptors (Lipinski definition) is 3. The number of anilines is 1. The molecule has 0 saturated carbocycles. The second-order valence-corrected chi connectivity index (χ2v) is 8.49. The Kier molecular flexibility index (Phi) is 5.43. The highest BCUT2D eigenvalue weighted by Gasteiger charge is 2.44. The van der Waals surface area contributed by atoms with Crippen LogP contribution in [0, 0.1) is 18.6 Å². The Hall–Kier alpha value is -2.64. The average Bonchev–Trinajstić information content (AvgIpc) is 3.26. The number of halogens is 4. The van der Waals surface area contributed by atoms with Crippen molar-refractivity contribution in [2.45, 2.75) is 18.9 Å². The van der Waals surface area contributed by atoms with Gasteiger partial charge in [-0.1, -0.05) is 29.8 Å². The highest BCUT2D eigenvalue weighted by molar-refractivity contribution is 6.42. The fourth-order valence-electron chi connectivity index (χ4n) is 4.34. The second kappa shape index (κ2) is 7.80. The van der Waals surface area contributed by atoms with Crippen LogP contribution in [0.5, 0.6) is 0 Å². The highest BCUT2D eigenvalue weighted by Crippen LogP contribution is 2.43. The molecule has 0 spiro atoms. The SMILES string of the molecule is C=CC(=O)N1CC[C@@](Nc2cc(F)c3c(C)nn(C)c3c2)(c2c(F)ccc(Cl)c2Cl)C1. The Morgan fingerprint density at radius 1 is 1.29 bits per heavy atom. The summed E-state index contributed by atoms with van der Waals surface area (Å²) in [4.78, 5) is 13.8. The van der Waals surface area contributed by atoms with Gasteiger partial charge in [-0.05, 0) is 43.7 Å². The number of amides is 1. The van der Waals surface area contributed by atoms with E-state index in [9.17, 15) is 9.18 Å². The number of likely N-dealkylation sites (tertiary alicyclic amines) is 1. The number of aryl methyl sites for hydroxylation is 2. The van der Waals surface area contributed by atoms with Crippen LogP contribution < -0.4 is 5.32 Å². The molecule has 5 nitrogen and oxygen atoms in total. The molecule has 9 heteroatoms. The number of nitrogens with zero attached hydrogens (tertiary/aromatic N) is 3. The van der Waals surface area contributed by atoms with Crippen molar-refractivity contribution in [1.29, 1.82) is 0 Å². The molecule has 1 aliphatic rings. The second-order valence-electron chi connectivity index (χ2n) is 7.70. The van der Waals surface area contributed by atoms with Crippen LogP contribution in [-0.4, -0.2) is 33.7 Å². The number of benzene rings is 2. The van der Waals surface area contributed by atoms with E-state index in [1.807, 2.05) is 0 Å². The van der Waals surface area contributed by atoms with E-state index in [0.717, 1.165) is 0 Å². The lowest BCUT2D eigenvalue weighted by atomic mass is 9.87. The van der Waals surface area contributed by atoms with Crippen LogP contribution in [0.2, 0.25) is 10.0 Å². The van der Waals surface area contributed by atoms with Crippen molar-refractivity contribution in [2.75, 3.05) is 18.4 Å². The third kappa shape index (κ3) is 3.55. The minimum atomic E-state index is -1.11. The molecule has 0 bridgehead atoms. The fraction of sp³-hybridized carbons (Fsp3) is 0.273. The van der Waals surface area contributed by atoms with E-state index in [-0.39, 0.29) is 28.1 Å². The van der Waals surface area contributed by atoms with Gasteiger partial charge >= 0.3 is 0 Å². The molecule has 1 atom stereocenters. The molecule has 0 unspecified atom stereocenters. The Labute approximate surface area is 188 Å². The van der Waals surface area contributed by atoms with E-state index in [2.05, 4.69) is 17.0 Å². The summed E-state index contributed by atoms with van der Waals surface area (Å²) >= 11 is 12.6. The number of carbonyl (C=O) groups excluding carboxylic acids is 1. The maximum atomic E-state index is 15.0. The summed E-state index contributed by atoms with van der Waals surface area (Å²) < 4.78 is 31.5. The van der Waals surface area contributed by atoms with Gasteiger partial charge in [-0.2, -0.15) is 5.10 Å². The zero-order chi connectivity index (χ0) is 22.5. The first-order valence-electron chi connectivity index (χ1n) is 9.63. The van der Waals surface area contributed by atoms with Crippen molar-refractivity contribution >= 4 is 45.7 Å². The lowest BCUT2D eigenvalue weighted by Gasteiger charge is -2.33. The molecule has 1 fully saturated rings. The molecule has 1 amide bonds. The lowest BCUT2D eigenvalue weighted by Crippen LogP contribution is -2.41. The van der Waals surface area contributed by atoms with Gasteiger partial charge in [0.1, 0.15) is 11.6 Å². The average molecular weight is 465 g/mol. The van der Waals surface area contributed by atoms with Crippen molar-refractivity contribution in [1.82, 2.24) is 14.7 Å². The summed E-state index contributed by atoms with van der Waals surface area (Å²) in [6.07, 6.45) is 1.55. The number of fused-ring (bicyclic) bond motifs is 1. The summed E-state index contributed by atoms with van der Waals surface area (Å²) in [6, 6.07) is 5.70. The van der Waals surface area contributed by atoms with Crippen LogP contribution in [0.3, 0.4) is 0 Å². The summed E-state index contributed by atoms with van der Waals surface area (Å²) in [7, 11) is 1.72. The normalized spacial score (nSPS) is 18.6. The van der Waals surface area contributed by atoms with Crippen LogP contribution in [0.4, 0.5) is 14.5 Å². The Balaban J connectivity index is 1.87. The van der Waals surface area contributed by atoms with Crippen molar-refractivity contribution in [3.8, 4) is 0 Å². The number of rotatable bonds is 4. The topological polar surface area (TPSA) is 50.2 Å². The molecule has 1 aliphatic heterocycles. The van der Waals surface area contributed by atoms with E-state index >= 15 is 4.39 Å². The number of nitrogens with one attached hydrogen (secondary N) is 1. The minimum Gasteiger partial charge on any atom is -0.373 e. The Morgan fingerprint density at radius 3 is 2.74 bits per heavy atom. The molecule has 1 aromatic heterocycles. The number of hydrogen-bond donors (Lipinski definition) is 1. The molecule has 0 radical (unpaired) electrons. The van der Waals surface area contributed by atoms with Crippen molar-refractivity contribution in [2.24, 2.45) is 7.05 Å². The van der Waals surface area contributed by atoms with Gasteiger partial charge < -0.3 is 10.2 Å². The van der Waals surface area contributed by atoms with Gasteiger partial charge in [-0.3, -0.25) is 9.48 Å². The van der Waals surface area contributed by atoms with Crippen LogP contribution in [-0.2, 0) is 17.4 Å². The molecule has 1 N–H and O–H groups in total. The van der Waals surface area contributed by atoms with Gasteiger partial charge in [0.15, 0.2) is 0 Å². The quantitative estimate of drug-likeness (QED) is 0.426. The molecule has 3 aromatic rings. The van der Waals surface area contributed by atoms with Gasteiger partial charge in [-0.25, -0.2) is 8.78 Å². The van der Waals surface area contributed by atoms with Crippen LogP contribution in [0.15, 0.2) is 36.9 Å². The minimum absolute atomic E-state index is 0.0556. The van der Waals surface area contributed by atoms with Crippen LogP contribution in [0.25, 0.3) is 10.9 Å². The first-order valence-corrected chi connectivity index (χ1v) is 10.4. The molecular weight excluding hydrogens is 445 g/mol. The largest absolute Gasteiger partial charge is 0.373 e.